The van der Waals surface area contributed by atoms with Crippen molar-refractivity contribution >= 4 is 40.0 Å². The van der Waals surface area contributed by atoms with E-state index in [1.807, 2.05) is 6.07 Å². The average Bonchev–Trinajstić information content (AvgIpc) is 3.03. The molecule has 3 aromatic rings. The van der Waals surface area contributed by atoms with Crippen LogP contribution in [0.2, 0.25) is 0 Å². The lowest BCUT2D eigenvalue weighted by molar-refractivity contribution is -0.384. The molecule has 0 aliphatic heterocycles. The summed E-state index contributed by atoms with van der Waals surface area (Å²) in [6, 6.07) is 9.39. The Balaban J connectivity index is 1.68. The predicted octanol–water partition coefficient (Wildman–Crippen LogP) is 3.45. The molecule has 136 valence electrons. The Bertz CT molecular complexity index is 1000. The molecule has 1 aromatic carbocycles. The average molecular weight is 382 g/mol. The van der Waals surface area contributed by atoms with E-state index in [4.69, 9.17) is 0 Å². The molecule has 0 saturated carbocycles. The summed E-state index contributed by atoms with van der Waals surface area (Å²) >= 11 is 1.13. The van der Waals surface area contributed by atoms with Gasteiger partial charge in [-0.3, -0.25) is 25.3 Å². The van der Waals surface area contributed by atoms with E-state index in [0.29, 0.717) is 21.4 Å². The molecule has 0 aliphatic carbocycles. The molecule has 0 saturated heterocycles. The van der Waals surface area contributed by atoms with Gasteiger partial charge < -0.3 is 5.32 Å². The van der Waals surface area contributed by atoms with E-state index in [0.717, 1.165) is 16.9 Å². The molecule has 9 nitrogen and oxygen atoms in total. The van der Waals surface area contributed by atoms with Crippen molar-refractivity contribution in [3.63, 3.8) is 0 Å². The topological polar surface area (TPSA) is 122 Å². The van der Waals surface area contributed by atoms with Crippen LogP contribution in [-0.4, -0.2) is 27.0 Å². The Hall–Kier alpha value is -3.66. The maximum absolute atomic E-state index is 12.4. The van der Waals surface area contributed by atoms with Gasteiger partial charge in [-0.2, -0.15) is 5.10 Å². The van der Waals surface area contributed by atoms with E-state index >= 15 is 0 Å². The monoisotopic (exact) mass is 382 g/mol. The Morgan fingerprint density at radius 2 is 2.19 bits per heavy atom. The number of pyridine rings is 1. The lowest BCUT2D eigenvalue weighted by atomic mass is 10.2. The van der Waals surface area contributed by atoms with Crippen LogP contribution >= 0.6 is 11.3 Å². The first-order chi connectivity index (χ1) is 13.0. The zero-order chi connectivity index (χ0) is 19.2. The van der Waals surface area contributed by atoms with Crippen molar-refractivity contribution in [2.75, 3.05) is 10.7 Å². The van der Waals surface area contributed by atoms with E-state index in [9.17, 15) is 14.9 Å². The molecule has 2 aromatic heterocycles. The van der Waals surface area contributed by atoms with E-state index in [1.165, 1.54) is 18.2 Å². The van der Waals surface area contributed by atoms with Gasteiger partial charge in [-0.25, -0.2) is 4.98 Å². The number of benzene rings is 1. The van der Waals surface area contributed by atoms with Crippen molar-refractivity contribution in [3.05, 3.63) is 75.0 Å². The highest BCUT2D eigenvalue weighted by molar-refractivity contribution is 7.17. The molecule has 0 radical (unpaired) electrons. The summed E-state index contributed by atoms with van der Waals surface area (Å²) < 4.78 is 0. The number of carbonyl (C=O) groups is 1. The van der Waals surface area contributed by atoms with Crippen molar-refractivity contribution in [2.24, 2.45) is 5.10 Å². The summed E-state index contributed by atoms with van der Waals surface area (Å²) in [5.41, 5.74) is 4.37. The number of thiazole rings is 1. The van der Waals surface area contributed by atoms with Crippen molar-refractivity contribution in [1.29, 1.82) is 0 Å². The third kappa shape index (κ3) is 4.70. The number of nitrogens with zero attached hydrogens (tertiary/aromatic N) is 4. The van der Waals surface area contributed by atoms with Crippen molar-refractivity contribution in [1.82, 2.24) is 9.97 Å². The van der Waals surface area contributed by atoms with E-state index in [2.05, 4.69) is 25.8 Å². The number of nitrogens with one attached hydrogen (secondary N) is 2. The standard InChI is InChI=1S/C17H14N6O3S/c1-11-15(16(24)21-13-5-2-6-14(8-13)23(25)26)27-17(20-11)22-19-10-12-4-3-7-18-9-12/h2-10H,1H3,(H,20,22)(H,21,24)/b19-10-. The van der Waals surface area contributed by atoms with Crippen LogP contribution in [0.3, 0.4) is 0 Å². The molecule has 2 N–H and O–H groups in total. The van der Waals surface area contributed by atoms with Crippen LogP contribution in [0.15, 0.2) is 53.9 Å². The Morgan fingerprint density at radius 1 is 1.33 bits per heavy atom. The van der Waals surface area contributed by atoms with Crippen molar-refractivity contribution < 1.29 is 9.72 Å². The van der Waals surface area contributed by atoms with Gasteiger partial charge in [0.2, 0.25) is 5.13 Å². The smallest absolute Gasteiger partial charge is 0.271 e. The predicted molar refractivity (Wildman–Crippen MR) is 103 cm³/mol. The van der Waals surface area contributed by atoms with Gasteiger partial charge in [0.25, 0.3) is 11.6 Å². The summed E-state index contributed by atoms with van der Waals surface area (Å²) in [6.07, 6.45) is 4.92. The van der Waals surface area contributed by atoms with Crippen LogP contribution in [0.25, 0.3) is 0 Å². The van der Waals surface area contributed by atoms with E-state index in [1.54, 1.807) is 37.7 Å². The third-order valence-electron chi connectivity index (χ3n) is 3.38. The minimum absolute atomic E-state index is 0.0964. The minimum atomic E-state index is -0.518. The van der Waals surface area contributed by atoms with E-state index in [-0.39, 0.29) is 5.69 Å². The summed E-state index contributed by atoms with van der Waals surface area (Å²) in [5, 5.41) is 18.0. The second-order valence-corrected chi connectivity index (χ2v) is 6.35. The lowest BCUT2D eigenvalue weighted by Gasteiger charge is -2.03. The van der Waals surface area contributed by atoms with Gasteiger partial charge in [0.05, 0.1) is 16.8 Å². The Kier molecular flexibility index (Phi) is 5.47. The quantitative estimate of drug-likeness (QED) is 0.382. The number of rotatable bonds is 6. The number of non-ortho nitro benzene ring substituents is 1. The highest BCUT2D eigenvalue weighted by atomic mass is 32.1. The maximum Gasteiger partial charge on any atom is 0.271 e. The molecular weight excluding hydrogens is 368 g/mol. The first-order valence-electron chi connectivity index (χ1n) is 7.75. The molecule has 0 bridgehead atoms. The molecule has 1 amide bonds. The first-order valence-corrected chi connectivity index (χ1v) is 8.57. The van der Waals surface area contributed by atoms with Crippen molar-refractivity contribution in [3.8, 4) is 0 Å². The van der Waals surface area contributed by atoms with Crippen LogP contribution in [0.5, 0.6) is 0 Å². The molecule has 3 rings (SSSR count). The fraction of sp³-hybridized carbons (Fsp3) is 0.0588. The summed E-state index contributed by atoms with van der Waals surface area (Å²) in [6.45, 7) is 1.70. The second-order valence-electron chi connectivity index (χ2n) is 5.35. The van der Waals surface area contributed by atoms with Gasteiger partial charge in [0.15, 0.2) is 0 Å². The largest absolute Gasteiger partial charge is 0.321 e. The number of aromatic nitrogens is 2. The number of carbonyl (C=O) groups excluding carboxylic acids is 1. The van der Waals surface area contributed by atoms with Crippen LogP contribution < -0.4 is 10.7 Å². The number of hydrogen-bond donors (Lipinski definition) is 2. The number of amides is 1. The second kappa shape index (κ2) is 8.15. The number of anilines is 2. The molecule has 0 unspecified atom stereocenters. The first kappa shape index (κ1) is 18.1. The molecule has 10 heteroatoms. The van der Waals surface area contributed by atoms with Crippen molar-refractivity contribution in [2.45, 2.75) is 6.92 Å². The molecule has 27 heavy (non-hydrogen) atoms. The lowest BCUT2D eigenvalue weighted by Crippen LogP contribution is -2.11. The van der Waals surface area contributed by atoms with Gasteiger partial charge in [-0.1, -0.05) is 23.5 Å². The molecule has 2 heterocycles. The van der Waals surface area contributed by atoms with Gasteiger partial charge in [-0.15, -0.1) is 0 Å². The zero-order valence-corrected chi connectivity index (χ0v) is 14.9. The summed E-state index contributed by atoms with van der Waals surface area (Å²) in [7, 11) is 0. The molecule has 0 spiro atoms. The number of nitro benzene ring substituents is 1. The molecule has 0 aliphatic rings. The maximum atomic E-state index is 12.4. The minimum Gasteiger partial charge on any atom is -0.321 e. The highest BCUT2D eigenvalue weighted by Crippen LogP contribution is 2.24. The summed E-state index contributed by atoms with van der Waals surface area (Å²) in [4.78, 5) is 31.4. The summed E-state index contributed by atoms with van der Waals surface area (Å²) in [5.74, 6) is -0.394. The SMILES string of the molecule is Cc1nc(N/N=C\c2cccnc2)sc1C(=O)Nc1cccc([N+](=O)[O-])c1. The normalized spacial score (nSPS) is 10.7. The fourth-order valence-electron chi connectivity index (χ4n) is 2.15. The Labute approximate surface area is 157 Å². The molecular formula is C17H14N6O3S. The van der Waals surface area contributed by atoms with Crippen LogP contribution in [-0.2, 0) is 0 Å². The third-order valence-corrected chi connectivity index (χ3v) is 4.44. The molecule has 0 fully saturated rings. The number of hydrazone groups is 1. The Morgan fingerprint density at radius 3 is 2.93 bits per heavy atom. The van der Waals surface area contributed by atoms with Crippen LogP contribution in [0, 0.1) is 17.0 Å². The fourth-order valence-corrected chi connectivity index (χ4v) is 2.97. The highest BCUT2D eigenvalue weighted by Gasteiger charge is 2.16. The number of hydrogen-bond acceptors (Lipinski definition) is 8. The van der Waals surface area contributed by atoms with E-state index < -0.39 is 10.8 Å². The number of nitro groups is 1. The van der Waals surface area contributed by atoms with Gasteiger partial charge >= 0.3 is 0 Å². The van der Waals surface area contributed by atoms with Gasteiger partial charge in [0.1, 0.15) is 4.88 Å². The van der Waals surface area contributed by atoms with Crippen LogP contribution in [0.1, 0.15) is 20.9 Å². The molecule has 0 atom stereocenters. The van der Waals surface area contributed by atoms with Gasteiger partial charge in [-0.05, 0) is 19.1 Å². The van der Waals surface area contributed by atoms with Gasteiger partial charge in [0, 0.05) is 35.8 Å². The zero-order valence-electron chi connectivity index (χ0n) is 14.1. The van der Waals surface area contributed by atoms with Crippen LogP contribution in [0.4, 0.5) is 16.5 Å². The number of aryl methyl sites for hydroxylation is 1.